The molecular weight excluding hydrogens is 769 g/mol. The zero-order valence-corrected chi connectivity index (χ0v) is 41.1. The highest BCUT2D eigenvalue weighted by Crippen LogP contribution is 2.15. The molecule has 1 atom stereocenters. The summed E-state index contributed by atoms with van der Waals surface area (Å²) < 4.78 is 16.8. The second kappa shape index (κ2) is 51.0. The molecule has 0 N–H and O–H groups in total. The van der Waals surface area contributed by atoms with E-state index < -0.39 is 6.10 Å². The molecule has 0 aliphatic carbocycles. The fourth-order valence-corrected chi connectivity index (χ4v) is 7.50. The highest BCUT2D eigenvalue weighted by atomic mass is 16.6. The molecule has 0 aliphatic heterocycles. The Labute approximate surface area is 384 Å². The Morgan fingerprint density at radius 3 is 0.984 bits per heavy atom. The molecule has 6 nitrogen and oxygen atoms in total. The standard InChI is InChI=1S/C56H100O6/c1-4-7-10-13-16-19-22-25-28-31-34-37-40-43-46-49-55(58)61-52-53(51-60-54(57)48-45-42-39-36-33-30-27-24-21-18-15-12-9-6-3)62-56(59)50-47-44-41-38-35-32-29-26-23-20-17-14-11-8-5-2/h16,19,24-25,27-28,34,37,53H,4-15,17-18,20-23,26,29-33,35-36,38-52H2,1-3H3/b19-16-,27-24-,28-25-,37-34-/t53-/m1/s1. The molecule has 0 radical (unpaired) electrons. The second-order valence-corrected chi connectivity index (χ2v) is 17.8. The number of allylic oxidation sites excluding steroid dienone is 8. The van der Waals surface area contributed by atoms with Crippen molar-refractivity contribution < 1.29 is 28.6 Å². The molecule has 0 aromatic heterocycles. The average molecular weight is 869 g/mol. The number of unbranched alkanes of at least 4 members (excludes halogenated alkanes) is 29. The summed E-state index contributed by atoms with van der Waals surface area (Å²) in [5.41, 5.74) is 0. The lowest BCUT2D eigenvalue weighted by Crippen LogP contribution is -2.30. The highest BCUT2D eigenvalue weighted by Gasteiger charge is 2.19. The van der Waals surface area contributed by atoms with Crippen LogP contribution in [0.1, 0.15) is 271 Å². The molecule has 0 rings (SSSR count). The summed E-state index contributed by atoms with van der Waals surface area (Å²) in [6.07, 6.45) is 60.9. The minimum Gasteiger partial charge on any atom is -0.462 e. The molecule has 0 heterocycles. The predicted molar refractivity (Wildman–Crippen MR) is 265 cm³/mol. The summed E-state index contributed by atoms with van der Waals surface area (Å²) in [5, 5.41) is 0. The number of rotatable bonds is 48. The van der Waals surface area contributed by atoms with E-state index in [1.807, 2.05) is 0 Å². The third kappa shape index (κ3) is 48.4. The number of ether oxygens (including phenoxy) is 3. The van der Waals surface area contributed by atoms with Crippen molar-refractivity contribution in [3.8, 4) is 0 Å². The molecule has 0 aliphatic rings. The van der Waals surface area contributed by atoms with Crippen molar-refractivity contribution >= 4 is 17.9 Å². The lowest BCUT2D eigenvalue weighted by atomic mass is 10.0. The SMILES string of the molecule is CCCCC/C=C\C/C=C\C/C=C\CCCCC(=O)OC[C@@H](COC(=O)CCCCCCC/C=C\CCCCCCC)OC(=O)CCCCCCCCCCCCCCCCC. The summed E-state index contributed by atoms with van der Waals surface area (Å²) >= 11 is 0. The topological polar surface area (TPSA) is 78.9 Å². The van der Waals surface area contributed by atoms with Crippen LogP contribution in [0, 0.1) is 0 Å². The van der Waals surface area contributed by atoms with Gasteiger partial charge < -0.3 is 14.2 Å². The van der Waals surface area contributed by atoms with E-state index in [1.165, 1.54) is 154 Å². The van der Waals surface area contributed by atoms with E-state index in [-0.39, 0.29) is 31.1 Å². The molecule has 0 aromatic carbocycles. The third-order valence-electron chi connectivity index (χ3n) is 11.6. The van der Waals surface area contributed by atoms with Crippen LogP contribution in [-0.4, -0.2) is 37.2 Å². The van der Waals surface area contributed by atoms with Crippen molar-refractivity contribution in [3.63, 3.8) is 0 Å². The van der Waals surface area contributed by atoms with Crippen LogP contribution in [0.4, 0.5) is 0 Å². The van der Waals surface area contributed by atoms with Gasteiger partial charge in [0.15, 0.2) is 6.10 Å². The van der Waals surface area contributed by atoms with Gasteiger partial charge in [-0.15, -0.1) is 0 Å². The van der Waals surface area contributed by atoms with E-state index in [0.717, 1.165) is 77.0 Å². The maximum atomic E-state index is 12.8. The van der Waals surface area contributed by atoms with Crippen molar-refractivity contribution in [3.05, 3.63) is 48.6 Å². The zero-order valence-electron chi connectivity index (χ0n) is 41.1. The van der Waals surface area contributed by atoms with Crippen LogP contribution in [0.3, 0.4) is 0 Å². The minimum atomic E-state index is -0.788. The van der Waals surface area contributed by atoms with Crippen LogP contribution in [0.5, 0.6) is 0 Å². The molecule has 0 spiro atoms. The lowest BCUT2D eigenvalue weighted by molar-refractivity contribution is -0.167. The van der Waals surface area contributed by atoms with Crippen molar-refractivity contribution in [1.82, 2.24) is 0 Å². The quantitative estimate of drug-likeness (QED) is 0.0262. The van der Waals surface area contributed by atoms with Gasteiger partial charge in [-0.05, 0) is 83.5 Å². The van der Waals surface area contributed by atoms with E-state index in [0.29, 0.717) is 19.3 Å². The van der Waals surface area contributed by atoms with Gasteiger partial charge >= 0.3 is 17.9 Å². The Morgan fingerprint density at radius 2 is 0.581 bits per heavy atom. The van der Waals surface area contributed by atoms with Crippen molar-refractivity contribution in [2.24, 2.45) is 0 Å². The fraction of sp³-hybridized carbons (Fsp3) is 0.804. The number of hydrogen-bond donors (Lipinski definition) is 0. The molecular formula is C56H100O6. The van der Waals surface area contributed by atoms with Crippen molar-refractivity contribution in [2.45, 2.75) is 277 Å². The molecule has 6 heteroatoms. The van der Waals surface area contributed by atoms with E-state index >= 15 is 0 Å². The van der Waals surface area contributed by atoms with Gasteiger partial charge in [0.2, 0.25) is 0 Å². The molecule has 0 amide bonds. The number of esters is 3. The van der Waals surface area contributed by atoms with Gasteiger partial charge in [0, 0.05) is 19.3 Å². The monoisotopic (exact) mass is 869 g/mol. The van der Waals surface area contributed by atoms with Crippen LogP contribution >= 0.6 is 0 Å². The third-order valence-corrected chi connectivity index (χ3v) is 11.6. The average Bonchev–Trinajstić information content (AvgIpc) is 3.27. The summed E-state index contributed by atoms with van der Waals surface area (Å²) in [4.78, 5) is 38.0. The molecule has 0 aromatic rings. The summed E-state index contributed by atoms with van der Waals surface area (Å²) in [6, 6.07) is 0. The molecule has 360 valence electrons. The van der Waals surface area contributed by atoms with E-state index in [9.17, 15) is 14.4 Å². The van der Waals surface area contributed by atoms with Gasteiger partial charge in [0.05, 0.1) is 0 Å². The molecule has 0 saturated heterocycles. The molecule has 0 unspecified atom stereocenters. The maximum absolute atomic E-state index is 12.8. The Kier molecular flexibility index (Phi) is 48.8. The van der Waals surface area contributed by atoms with E-state index in [1.54, 1.807) is 0 Å². The highest BCUT2D eigenvalue weighted by molar-refractivity contribution is 5.71. The summed E-state index contributed by atoms with van der Waals surface area (Å²) in [5.74, 6) is -0.925. The Balaban J connectivity index is 4.43. The largest absolute Gasteiger partial charge is 0.462 e. The summed E-state index contributed by atoms with van der Waals surface area (Å²) in [7, 11) is 0. The normalized spacial score (nSPS) is 12.4. The van der Waals surface area contributed by atoms with Crippen LogP contribution < -0.4 is 0 Å². The van der Waals surface area contributed by atoms with Crippen LogP contribution in [0.25, 0.3) is 0 Å². The second-order valence-electron chi connectivity index (χ2n) is 17.8. The van der Waals surface area contributed by atoms with Crippen LogP contribution in [0.2, 0.25) is 0 Å². The minimum absolute atomic E-state index is 0.0872. The molecule has 0 bridgehead atoms. The Bertz CT molecular complexity index is 1090. The fourth-order valence-electron chi connectivity index (χ4n) is 7.50. The van der Waals surface area contributed by atoms with Crippen molar-refractivity contribution in [2.75, 3.05) is 13.2 Å². The first-order valence-electron chi connectivity index (χ1n) is 26.6. The lowest BCUT2D eigenvalue weighted by Gasteiger charge is -2.18. The van der Waals surface area contributed by atoms with Gasteiger partial charge in [-0.3, -0.25) is 14.4 Å². The predicted octanol–water partition coefficient (Wildman–Crippen LogP) is 17.5. The first-order chi connectivity index (χ1) is 30.5. The van der Waals surface area contributed by atoms with Gasteiger partial charge in [-0.2, -0.15) is 0 Å². The van der Waals surface area contributed by atoms with E-state index in [4.69, 9.17) is 14.2 Å². The first-order valence-corrected chi connectivity index (χ1v) is 26.6. The first kappa shape index (κ1) is 59.4. The Morgan fingerprint density at radius 1 is 0.323 bits per heavy atom. The number of hydrogen-bond acceptors (Lipinski definition) is 6. The maximum Gasteiger partial charge on any atom is 0.306 e. The van der Waals surface area contributed by atoms with E-state index in [2.05, 4.69) is 69.4 Å². The number of carbonyl (C=O) groups excluding carboxylic acids is 3. The zero-order chi connectivity index (χ0) is 45.1. The summed E-state index contributed by atoms with van der Waals surface area (Å²) in [6.45, 7) is 6.58. The molecule has 0 fully saturated rings. The van der Waals surface area contributed by atoms with Gasteiger partial charge in [0.25, 0.3) is 0 Å². The molecule has 62 heavy (non-hydrogen) atoms. The molecule has 0 saturated carbocycles. The van der Waals surface area contributed by atoms with Crippen LogP contribution in [-0.2, 0) is 28.6 Å². The van der Waals surface area contributed by atoms with Gasteiger partial charge in [0.1, 0.15) is 13.2 Å². The number of carbonyl (C=O) groups is 3. The van der Waals surface area contributed by atoms with Crippen molar-refractivity contribution in [1.29, 1.82) is 0 Å². The van der Waals surface area contributed by atoms with Gasteiger partial charge in [-0.25, -0.2) is 0 Å². The van der Waals surface area contributed by atoms with Crippen LogP contribution in [0.15, 0.2) is 48.6 Å². The van der Waals surface area contributed by atoms with Gasteiger partial charge in [-0.1, -0.05) is 217 Å². The Hall–Kier alpha value is -2.63. The smallest absolute Gasteiger partial charge is 0.306 e.